The highest BCUT2D eigenvalue weighted by Crippen LogP contribution is 2.30. The zero-order chi connectivity index (χ0) is 12.7. The number of rotatable bonds is 7. The van der Waals surface area contributed by atoms with Crippen LogP contribution in [0.5, 0.6) is 0 Å². The predicted molar refractivity (Wildman–Crippen MR) is 70.2 cm³/mol. The van der Waals surface area contributed by atoms with Gasteiger partial charge in [-0.3, -0.25) is 4.79 Å². The van der Waals surface area contributed by atoms with E-state index >= 15 is 0 Å². The molecule has 0 aliphatic heterocycles. The molecule has 17 heavy (non-hydrogen) atoms. The third-order valence-electron chi connectivity index (χ3n) is 4.05. The smallest absolute Gasteiger partial charge is 0.304 e. The van der Waals surface area contributed by atoms with E-state index in [9.17, 15) is 4.79 Å². The van der Waals surface area contributed by atoms with Crippen molar-refractivity contribution in [1.82, 2.24) is 4.90 Å². The van der Waals surface area contributed by atoms with Gasteiger partial charge in [-0.25, -0.2) is 0 Å². The van der Waals surface area contributed by atoms with E-state index in [4.69, 9.17) is 5.11 Å². The van der Waals surface area contributed by atoms with Gasteiger partial charge in [0, 0.05) is 12.6 Å². The topological polar surface area (TPSA) is 40.5 Å². The number of aliphatic carboxylic acids is 1. The second-order valence-electron chi connectivity index (χ2n) is 5.24. The molecule has 0 radical (unpaired) electrons. The van der Waals surface area contributed by atoms with Gasteiger partial charge in [-0.1, -0.05) is 26.7 Å². The summed E-state index contributed by atoms with van der Waals surface area (Å²) in [4.78, 5) is 13.0. The Hall–Kier alpha value is -0.570. The van der Waals surface area contributed by atoms with E-state index in [0.717, 1.165) is 19.0 Å². The third kappa shape index (κ3) is 5.07. The van der Waals surface area contributed by atoms with E-state index in [0.29, 0.717) is 6.04 Å². The average Bonchev–Trinajstić information content (AvgIpc) is 2.32. The molecule has 3 nitrogen and oxygen atoms in total. The second-order valence-corrected chi connectivity index (χ2v) is 5.24. The monoisotopic (exact) mass is 241 g/mol. The summed E-state index contributed by atoms with van der Waals surface area (Å²) in [6, 6.07) is 0.632. The van der Waals surface area contributed by atoms with Crippen LogP contribution in [0.1, 0.15) is 58.8 Å². The maximum atomic E-state index is 10.6. The fourth-order valence-corrected chi connectivity index (χ4v) is 3.05. The summed E-state index contributed by atoms with van der Waals surface area (Å²) < 4.78 is 0. The van der Waals surface area contributed by atoms with Crippen LogP contribution < -0.4 is 0 Å². The number of hydrogen-bond acceptors (Lipinski definition) is 2. The zero-order valence-electron chi connectivity index (χ0n) is 11.3. The van der Waals surface area contributed by atoms with Crippen molar-refractivity contribution in [2.45, 2.75) is 64.8 Å². The maximum absolute atomic E-state index is 10.6. The molecule has 1 aliphatic rings. The number of hydrogen-bond donors (Lipinski definition) is 1. The number of carboxylic acid groups (broad SMARTS) is 1. The fraction of sp³-hybridized carbons (Fsp3) is 0.929. The van der Waals surface area contributed by atoms with Gasteiger partial charge in [0.25, 0.3) is 0 Å². The van der Waals surface area contributed by atoms with E-state index in [1.54, 1.807) is 0 Å². The fourth-order valence-electron chi connectivity index (χ4n) is 3.05. The molecule has 1 N–H and O–H groups in total. The highest BCUT2D eigenvalue weighted by atomic mass is 16.4. The van der Waals surface area contributed by atoms with Gasteiger partial charge in [-0.2, -0.15) is 0 Å². The van der Waals surface area contributed by atoms with Crippen molar-refractivity contribution in [3.05, 3.63) is 0 Å². The van der Waals surface area contributed by atoms with Gasteiger partial charge < -0.3 is 10.0 Å². The van der Waals surface area contributed by atoms with Gasteiger partial charge in [0.15, 0.2) is 0 Å². The molecule has 0 saturated heterocycles. The summed E-state index contributed by atoms with van der Waals surface area (Å²) in [6.07, 6.45) is 8.14. The quantitative estimate of drug-likeness (QED) is 0.744. The molecule has 1 saturated carbocycles. The van der Waals surface area contributed by atoms with Crippen molar-refractivity contribution in [2.24, 2.45) is 5.92 Å². The molecule has 1 fully saturated rings. The first-order chi connectivity index (χ1) is 8.17. The van der Waals surface area contributed by atoms with Crippen LogP contribution in [0.25, 0.3) is 0 Å². The Labute approximate surface area is 105 Å². The third-order valence-corrected chi connectivity index (χ3v) is 4.05. The first-order valence-corrected chi connectivity index (χ1v) is 7.13. The van der Waals surface area contributed by atoms with Gasteiger partial charge in [-0.05, 0) is 38.1 Å². The Morgan fingerprint density at radius 1 is 1.24 bits per heavy atom. The Morgan fingerprint density at radius 2 is 1.88 bits per heavy atom. The molecule has 0 aromatic rings. The minimum absolute atomic E-state index is 0.280. The Kier molecular flexibility index (Phi) is 6.56. The van der Waals surface area contributed by atoms with Crippen LogP contribution in [0, 0.1) is 5.92 Å². The summed E-state index contributed by atoms with van der Waals surface area (Å²) in [5, 5.41) is 8.74. The van der Waals surface area contributed by atoms with Crippen molar-refractivity contribution < 1.29 is 9.90 Å². The predicted octanol–water partition coefficient (Wildman–Crippen LogP) is 3.14. The standard InChI is InChI=1S/C14H27NO2/c1-3-5-12-6-8-13(9-7-12)15(4-2)11-10-14(16)17/h12-13H,3-11H2,1-2H3,(H,16,17). The lowest BCUT2D eigenvalue weighted by Crippen LogP contribution is -2.39. The van der Waals surface area contributed by atoms with E-state index in [1.807, 2.05) is 0 Å². The molecule has 1 aliphatic carbocycles. The lowest BCUT2D eigenvalue weighted by molar-refractivity contribution is -0.137. The molecule has 0 amide bonds. The first-order valence-electron chi connectivity index (χ1n) is 7.13. The number of carbonyl (C=O) groups is 1. The molecule has 0 unspecified atom stereocenters. The lowest BCUT2D eigenvalue weighted by Gasteiger charge is -2.36. The van der Waals surface area contributed by atoms with Gasteiger partial charge in [0.2, 0.25) is 0 Å². The molecule has 0 spiro atoms. The Balaban J connectivity index is 2.31. The molecular formula is C14H27NO2. The molecule has 0 atom stereocenters. The van der Waals surface area contributed by atoms with Crippen LogP contribution in [0.15, 0.2) is 0 Å². The van der Waals surface area contributed by atoms with Gasteiger partial charge in [0.05, 0.1) is 6.42 Å². The summed E-state index contributed by atoms with van der Waals surface area (Å²) >= 11 is 0. The molecule has 0 bridgehead atoms. The highest BCUT2D eigenvalue weighted by Gasteiger charge is 2.24. The van der Waals surface area contributed by atoms with Gasteiger partial charge >= 0.3 is 5.97 Å². The summed E-state index contributed by atoms with van der Waals surface area (Å²) in [7, 11) is 0. The van der Waals surface area contributed by atoms with Crippen LogP contribution in [0.2, 0.25) is 0 Å². The summed E-state index contributed by atoms with van der Waals surface area (Å²) in [5.74, 6) is 0.248. The van der Waals surface area contributed by atoms with Gasteiger partial charge in [0.1, 0.15) is 0 Å². The maximum Gasteiger partial charge on any atom is 0.304 e. The number of carboxylic acids is 1. The van der Waals surface area contributed by atoms with Gasteiger partial charge in [-0.15, -0.1) is 0 Å². The summed E-state index contributed by atoms with van der Waals surface area (Å²) in [5.41, 5.74) is 0. The van der Waals surface area contributed by atoms with Crippen molar-refractivity contribution in [3.63, 3.8) is 0 Å². The normalized spacial score (nSPS) is 25.1. The highest BCUT2D eigenvalue weighted by molar-refractivity contribution is 5.66. The van der Waals surface area contributed by atoms with Crippen LogP contribution in [-0.2, 0) is 4.79 Å². The Bertz CT molecular complexity index is 222. The van der Waals surface area contributed by atoms with E-state index < -0.39 is 5.97 Å². The van der Waals surface area contributed by atoms with Crippen molar-refractivity contribution in [3.8, 4) is 0 Å². The van der Waals surface area contributed by atoms with Crippen molar-refractivity contribution in [1.29, 1.82) is 0 Å². The van der Waals surface area contributed by atoms with Crippen molar-refractivity contribution in [2.75, 3.05) is 13.1 Å². The molecule has 0 aromatic carbocycles. The SMILES string of the molecule is CCCC1CCC(N(CC)CCC(=O)O)CC1. The minimum atomic E-state index is -0.678. The first kappa shape index (κ1) is 14.5. The molecule has 3 heteroatoms. The second kappa shape index (κ2) is 7.70. The molecular weight excluding hydrogens is 214 g/mol. The summed E-state index contributed by atoms with van der Waals surface area (Å²) in [6.45, 7) is 6.10. The largest absolute Gasteiger partial charge is 0.481 e. The van der Waals surface area contributed by atoms with Crippen molar-refractivity contribution >= 4 is 5.97 Å². The van der Waals surface area contributed by atoms with Crippen LogP contribution in [0.3, 0.4) is 0 Å². The molecule has 0 aromatic heterocycles. The molecule has 0 heterocycles. The molecule has 100 valence electrons. The van der Waals surface area contributed by atoms with E-state index in [1.165, 1.54) is 38.5 Å². The molecule has 1 rings (SSSR count). The lowest BCUT2D eigenvalue weighted by atomic mass is 9.83. The minimum Gasteiger partial charge on any atom is -0.481 e. The van der Waals surface area contributed by atoms with Crippen LogP contribution in [0.4, 0.5) is 0 Å². The van der Waals surface area contributed by atoms with E-state index in [2.05, 4.69) is 18.7 Å². The number of nitrogens with zero attached hydrogens (tertiary/aromatic N) is 1. The average molecular weight is 241 g/mol. The Morgan fingerprint density at radius 3 is 2.35 bits per heavy atom. The van der Waals surface area contributed by atoms with Crippen LogP contribution in [-0.4, -0.2) is 35.1 Å². The van der Waals surface area contributed by atoms with E-state index in [-0.39, 0.29) is 6.42 Å². The zero-order valence-corrected chi connectivity index (χ0v) is 11.3. The van der Waals surface area contributed by atoms with Crippen LogP contribution >= 0.6 is 0 Å².